The maximum atomic E-state index is 5.41. The van der Waals surface area contributed by atoms with Crippen LogP contribution in [0.4, 0.5) is 0 Å². The second-order valence-electron chi connectivity index (χ2n) is 7.17. The predicted molar refractivity (Wildman–Crippen MR) is 116 cm³/mol. The number of ether oxygens (including phenoxy) is 3. The Labute approximate surface area is 170 Å². The summed E-state index contributed by atoms with van der Waals surface area (Å²) in [6, 6.07) is 4.98. The summed E-state index contributed by atoms with van der Waals surface area (Å²) in [5, 5.41) is 6.71. The highest BCUT2D eigenvalue weighted by atomic mass is 16.5. The van der Waals surface area contributed by atoms with Crippen LogP contribution >= 0.6 is 0 Å². The fourth-order valence-corrected chi connectivity index (χ4v) is 3.22. The Morgan fingerprint density at radius 1 is 0.964 bits per heavy atom. The van der Waals surface area contributed by atoms with E-state index >= 15 is 0 Å². The molecule has 1 aromatic rings. The van der Waals surface area contributed by atoms with Gasteiger partial charge in [0.2, 0.25) is 5.75 Å². The van der Waals surface area contributed by atoms with Crippen molar-refractivity contribution in [3.05, 3.63) is 17.7 Å². The third-order valence-corrected chi connectivity index (χ3v) is 4.62. The molecule has 0 aliphatic rings. The summed E-state index contributed by atoms with van der Waals surface area (Å²) in [4.78, 5) is 6.80. The first kappa shape index (κ1) is 23.9. The molecule has 0 aliphatic carbocycles. The molecule has 0 saturated carbocycles. The molecule has 0 atom stereocenters. The highest BCUT2D eigenvalue weighted by molar-refractivity contribution is 5.79. The number of methoxy groups -OCH3 is 3. The topological polar surface area (TPSA) is 67.4 Å². The molecule has 160 valence electrons. The van der Waals surface area contributed by atoms with E-state index in [4.69, 9.17) is 14.2 Å². The summed E-state index contributed by atoms with van der Waals surface area (Å²) in [6.07, 6.45) is 1.06. The summed E-state index contributed by atoms with van der Waals surface area (Å²) < 4.78 is 16.2. The Morgan fingerprint density at radius 2 is 1.54 bits per heavy atom. The lowest BCUT2D eigenvalue weighted by molar-refractivity contribution is 0.173. The highest BCUT2D eigenvalue weighted by Crippen LogP contribution is 2.38. The maximum Gasteiger partial charge on any atom is 0.203 e. The number of guanidine groups is 1. The van der Waals surface area contributed by atoms with Gasteiger partial charge in [-0.3, -0.25) is 9.89 Å². The monoisotopic (exact) mass is 394 g/mol. The summed E-state index contributed by atoms with van der Waals surface area (Å²) in [6.45, 7) is 11.5. The number of nitrogens with zero attached hydrogens (tertiary/aromatic N) is 2. The van der Waals surface area contributed by atoms with Gasteiger partial charge in [0.15, 0.2) is 17.5 Å². The van der Waals surface area contributed by atoms with Crippen molar-refractivity contribution in [2.45, 2.75) is 52.7 Å². The van der Waals surface area contributed by atoms with Gasteiger partial charge in [-0.1, -0.05) is 0 Å². The van der Waals surface area contributed by atoms with Crippen LogP contribution in [0, 0.1) is 0 Å². The number of nitrogens with one attached hydrogen (secondary N) is 2. The Bertz CT molecular complexity index is 585. The van der Waals surface area contributed by atoms with Crippen LogP contribution < -0.4 is 24.8 Å². The normalized spacial score (nSPS) is 11.9. The molecular weight excluding hydrogens is 356 g/mol. The fourth-order valence-electron chi connectivity index (χ4n) is 3.22. The number of aliphatic imine (C=N–C) groups is 1. The van der Waals surface area contributed by atoms with E-state index in [-0.39, 0.29) is 0 Å². The van der Waals surface area contributed by atoms with Gasteiger partial charge >= 0.3 is 0 Å². The number of hydrogen-bond donors (Lipinski definition) is 2. The van der Waals surface area contributed by atoms with Crippen LogP contribution in [0.3, 0.4) is 0 Å². The fraction of sp³-hybridized carbons (Fsp3) is 0.667. The van der Waals surface area contributed by atoms with E-state index in [1.165, 1.54) is 0 Å². The zero-order valence-electron chi connectivity index (χ0n) is 18.8. The van der Waals surface area contributed by atoms with Crippen LogP contribution in [0.2, 0.25) is 0 Å². The summed E-state index contributed by atoms with van der Waals surface area (Å²) in [7, 11) is 6.61. The van der Waals surface area contributed by atoms with Gasteiger partial charge in [-0.2, -0.15) is 0 Å². The van der Waals surface area contributed by atoms with E-state index in [2.05, 4.69) is 48.2 Å². The van der Waals surface area contributed by atoms with Crippen molar-refractivity contribution >= 4 is 5.96 Å². The molecule has 0 unspecified atom stereocenters. The third-order valence-electron chi connectivity index (χ3n) is 4.62. The standard InChI is InChI=1S/C21H38N4O3/c1-15(2)25(16(3)4)11-9-10-23-21(22-5)24-14-17-12-18(26-6)20(28-8)19(13-17)27-7/h12-13,15-16H,9-11,14H2,1-8H3,(H2,22,23,24). The average molecular weight is 395 g/mol. The largest absolute Gasteiger partial charge is 0.493 e. The van der Waals surface area contributed by atoms with Crippen molar-refractivity contribution in [3.63, 3.8) is 0 Å². The van der Waals surface area contributed by atoms with Gasteiger partial charge in [0.05, 0.1) is 21.3 Å². The summed E-state index contributed by atoms with van der Waals surface area (Å²) >= 11 is 0. The van der Waals surface area contributed by atoms with Crippen molar-refractivity contribution in [1.82, 2.24) is 15.5 Å². The van der Waals surface area contributed by atoms with Gasteiger partial charge in [0.1, 0.15) is 0 Å². The Hall–Kier alpha value is -2.15. The van der Waals surface area contributed by atoms with E-state index in [1.807, 2.05) is 12.1 Å². The molecule has 0 heterocycles. The van der Waals surface area contributed by atoms with E-state index in [0.717, 1.165) is 31.0 Å². The molecule has 0 fully saturated rings. The van der Waals surface area contributed by atoms with Gasteiger partial charge in [-0.15, -0.1) is 0 Å². The summed E-state index contributed by atoms with van der Waals surface area (Å²) in [5.74, 6) is 2.65. The van der Waals surface area contributed by atoms with E-state index in [9.17, 15) is 0 Å². The summed E-state index contributed by atoms with van der Waals surface area (Å²) in [5.41, 5.74) is 1.02. The molecule has 0 spiro atoms. The molecule has 7 heteroatoms. The number of rotatable bonds is 11. The predicted octanol–water partition coefficient (Wildman–Crippen LogP) is 2.89. The van der Waals surface area contributed by atoms with Gasteiger partial charge in [0, 0.05) is 38.8 Å². The van der Waals surface area contributed by atoms with Gasteiger partial charge in [-0.05, 0) is 51.8 Å². The molecule has 0 saturated heterocycles. The minimum atomic E-state index is 0.553. The van der Waals surface area contributed by atoms with Gasteiger partial charge < -0.3 is 24.8 Å². The SMILES string of the molecule is CN=C(NCCCN(C(C)C)C(C)C)NCc1cc(OC)c(OC)c(OC)c1. The minimum absolute atomic E-state index is 0.553. The Kier molecular flexibility index (Phi) is 10.5. The van der Waals surface area contributed by atoms with Crippen LogP contribution in [-0.4, -0.2) is 64.4 Å². The van der Waals surface area contributed by atoms with E-state index in [0.29, 0.717) is 35.9 Å². The molecule has 0 bridgehead atoms. The van der Waals surface area contributed by atoms with Crippen LogP contribution in [0.5, 0.6) is 17.2 Å². The van der Waals surface area contributed by atoms with Gasteiger partial charge in [0.25, 0.3) is 0 Å². The zero-order valence-corrected chi connectivity index (χ0v) is 18.8. The zero-order chi connectivity index (χ0) is 21.1. The second kappa shape index (κ2) is 12.3. The third kappa shape index (κ3) is 7.11. The lowest BCUT2D eigenvalue weighted by Gasteiger charge is -2.30. The van der Waals surface area contributed by atoms with Crippen molar-refractivity contribution < 1.29 is 14.2 Å². The smallest absolute Gasteiger partial charge is 0.203 e. The van der Waals surface area contributed by atoms with Crippen molar-refractivity contribution in [3.8, 4) is 17.2 Å². The van der Waals surface area contributed by atoms with Crippen LogP contribution in [-0.2, 0) is 6.54 Å². The lowest BCUT2D eigenvalue weighted by Crippen LogP contribution is -2.41. The molecule has 0 aromatic heterocycles. The molecule has 2 N–H and O–H groups in total. The first-order chi connectivity index (χ1) is 13.4. The minimum Gasteiger partial charge on any atom is -0.493 e. The van der Waals surface area contributed by atoms with Crippen LogP contribution in [0.1, 0.15) is 39.7 Å². The number of hydrogen-bond acceptors (Lipinski definition) is 5. The lowest BCUT2D eigenvalue weighted by atomic mass is 10.2. The molecule has 0 amide bonds. The quantitative estimate of drug-likeness (QED) is 0.342. The van der Waals surface area contributed by atoms with Crippen molar-refractivity contribution in [1.29, 1.82) is 0 Å². The van der Waals surface area contributed by atoms with Crippen molar-refractivity contribution in [2.75, 3.05) is 41.5 Å². The van der Waals surface area contributed by atoms with Gasteiger partial charge in [-0.25, -0.2) is 0 Å². The Morgan fingerprint density at radius 3 is 1.96 bits per heavy atom. The first-order valence-electron chi connectivity index (χ1n) is 9.87. The van der Waals surface area contributed by atoms with Crippen LogP contribution in [0.25, 0.3) is 0 Å². The molecule has 28 heavy (non-hydrogen) atoms. The molecule has 1 aromatic carbocycles. The first-order valence-corrected chi connectivity index (χ1v) is 9.87. The maximum absolute atomic E-state index is 5.41. The molecule has 0 radical (unpaired) electrons. The van der Waals surface area contributed by atoms with Crippen molar-refractivity contribution in [2.24, 2.45) is 4.99 Å². The van der Waals surface area contributed by atoms with E-state index in [1.54, 1.807) is 28.4 Å². The molecule has 1 rings (SSSR count). The number of benzene rings is 1. The highest BCUT2D eigenvalue weighted by Gasteiger charge is 2.14. The average Bonchev–Trinajstić information content (AvgIpc) is 2.68. The molecule has 0 aliphatic heterocycles. The van der Waals surface area contributed by atoms with E-state index < -0.39 is 0 Å². The Balaban J connectivity index is 2.59. The second-order valence-corrected chi connectivity index (χ2v) is 7.17. The van der Waals surface area contributed by atoms with Crippen LogP contribution in [0.15, 0.2) is 17.1 Å². The molecular formula is C21H38N4O3. The molecule has 7 nitrogen and oxygen atoms in total.